The number of aromatic nitrogens is 5. The average Bonchev–Trinajstić information content (AvgIpc) is 3.79. The van der Waals surface area contributed by atoms with Crippen molar-refractivity contribution >= 4 is 38.9 Å². The Morgan fingerprint density at radius 1 is 0.532 bits per heavy atom. The lowest BCUT2D eigenvalue weighted by Crippen LogP contribution is -2.24. The zero-order valence-electron chi connectivity index (χ0n) is 36.3. The lowest BCUT2D eigenvalue weighted by atomic mass is 9.86. The van der Waals surface area contributed by atoms with E-state index in [4.69, 9.17) is 24.7 Å². The van der Waals surface area contributed by atoms with Gasteiger partial charge in [-0.3, -0.25) is 4.57 Å². The highest BCUT2D eigenvalue weighted by Crippen LogP contribution is 2.46. The Labute approximate surface area is 363 Å². The number of rotatable bonds is 7. The van der Waals surface area contributed by atoms with Crippen LogP contribution in [0.3, 0.4) is 0 Å². The Hall–Kier alpha value is -7.32. The number of ether oxygens (including phenoxy) is 1. The minimum Gasteiger partial charge on any atom is -0.456 e. The topological polar surface area (TPSA) is 72.2 Å². The van der Waals surface area contributed by atoms with Gasteiger partial charge >= 0.3 is 0 Å². The second-order valence-electron chi connectivity index (χ2n) is 18.2. The quantitative estimate of drug-likeness (QED) is 0.159. The first-order valence-electron chi connectivity index (χ1n) is 21.2. The monoisotopic (exact) mass is 811 g/mol. The molecule has 0 spiro atoms. The van der Waals surface area contributed by atoms with Crippen LogP contribution in [0.5, 0.6) is 11.5 Å². The Bertz CT molecular complexity index is 3050. The third kappa shape index (κ3) is 7.11. The van der Waals surface area contributed by atoms with Gasteiger partial charge in [-0.15, -0.1) is 0 Å². The molecule has 8 heteroatoms. The molecule has 6 aromatic carbocycles. The van der Waals surface area contributed by atoms with Gasteiger partial charge < -0.3 is 14.5 Å². The number of para-hydroxylation sites is 2. The maximum absolute atomic E-state index is 7.30. The fourth-order valence-electron chi connectivity index (χ4n) is 8.39. The predicted molar refractivity (Wildman–Crippen MR) is 254 cm³/mol. The number of hydrogen-bond donors (Lipinski definition) is 0. The van der Waals surface area contributed by atoms with Crippen molar-refractivity contribution in [3.8, 4) is 51.5 Å². The van der Waals surface area contributed by atoms with Gasteiger partial charge in [0.25, 0.3) is 0 Å². The van der Waals surface area contributed by atoms with Crippen molar-refractivity contribution < 1.29 is 4.74 Å². The Balaban J connectivity index is 1.26. The van der Waals surface area contributed by atoms with E-state index in [2.05, 4.69) is 142 Å². The molecule has 0 atom stereocenters. The first kappa shape index (κ1) is 38.9. The highest BCUT2D eigenvalue weighted by Gasteiger charge is 2.28. The van der Waals surface area contributed by atoms with Crippen molar-refractivity contribution in [1.29, 1.82) is 0 Å². The van der Waals surface area contributed by atoms with Crippen LogP contribution in [0.15, 0.2) is 158 Å². The van der Waals surface area contributed by atoms with Crippen LogP contribution in [-0.2, 0) is 10.8 Å². The maximum atomic E-state index is 7.30. The Morgan fingerprint density at radius 3 is 1.79 bits per heavy atom. The summed E-state index contributed by atoms with van der Waals surface area (Å²) >= 11 is 0. The van der Waals surface area contributed by atoms with E-state index >= 15 is 0 Å². The van der Waals surface area contributed by atoms with Gasteiger partial charge in [-0.2, -0.15) is 0 Å². The zero-order chi connectivity index (χ0) is 42.8. The smallest absolute Gasteiger partial charge is 0.167 e. The standard InChI is InChI=1S/C54H49N7O/c1-53(2,3)37-25-26-44-41(30-37)42-32-43(52-57-50(35-18-10-8-11-19-35)56-51(58-52)36-20-12-9-13-21-36)48(33-47(42)61(44)49-24-16-17-27-55-49)62-40-29-38(54(4,5)6)28-39(31-40)60-34-59(7)45-22-14-15-23-46(45)60/h8-33H,34H2,1-7H3. The predicted octanol–water partition coefficient (Wildman–Crippen LogP) is 13.3. The molecule has 3 aromatic heterocycles. The van der Waals surface area contributed by atoms with E-state index < -0.39 is 0 Å². The van der Waals surface area contributed by atoms with Crippen molar-refractivity contribution in [3.05, 3.63) is 169 Å². The van der Waals surface area contributed by atoms with Crippen LogP contribution in [0.25, 0.3) is 61.8 Å². The number of nitrogens with zero attached hydrogens (tertiary/aromatic N) is 7. The van der Waals surface area contributed by atoms with Gasteiger partial charge in [0.05, 0.1) is 34.6 Å². The Morgan fingerprint density at radius 2 is 1.15 bits per heavy atom. The second kappa shape index (κ2) is 15.0. The molecule has 0 amide bonds. The molecule has 0 fully saturated rings. The van der Waals surface area contributed by atoms with E-state index in [-0.39, 0.29) is 10.8 Å². The highest BCUT2D eigenvalue weighted by atomic mass is 16.5. The molecule has 1 aliphatic rings. The summed E-state index contributed by atoms with van der Waals surface area (Å²) in [6.45, 7) is 14.2. The van der Waals surface area contributed by atoms with E-state index in [1.54, 1.807) is 0 Å². The molecule has 0 unspecified atom stereocenters. The molecule has 8 nitrogen and oxygen atoms in total. The van der Waals surface area contributed by atoms with E-state index in [0.29, 0.717) is 23.2 Å². The van der Waals surface area contributed by atoms with Gasteiger partial charge in [0.1, 0.15) is 17.3 Å². The molecule has 0 bridgehead atoms. The lowest BCUT2D eigenvalue weighted by Gasteiger charge is -2.26. The van der Waals surface area contributed by atoms with Crippen molar-refractivity contribution in [2.75, 3.05) is 23.5 Å². The van der Waals surface area contributed by atoms with E-state index in [1.807, 2.05) is 79.0 Å². The first-order valence-corrected chi connectivity index (χ1v) is 21.2. The second-order valence-corrected chi connectivity index (χ2v) is 18.2. The van der Waals surface area contributed by atoms with Crippen LogP contribution < -0.4 is 14.5 Å². The molecule has 0 saturated carbocycles. The van der Waals surface area contributed by atoms with E-state index in [9.17, 15) is 0 Å². The summed E-state index contributed by atoms with van der Waals surface area (Å²) < 4.78 is 9.54. The van der Waals surface area contributed by atoms with Gasteiger partial charge in [0.15, 0.2) is 17.5 Å². The van der Waals surface area contributed by atoms with Crippen molar-refractivity contribution in [3.63, 3.8) is 0 Å². The van der Waals surface area contributed by atoms with E-state index in [0.717, 1.165) is 73.7 Å². The average molecular weight is 812 g/mol. The van der Waals surface area contributed by atoms with Crippen LogP contribution in [0.2, 0.25) is 0 Å². The molecular formula is C54H49N7O. The number of fused-ring (bicyclic) bond motifs is 4. The van der Waals surface area contributed by atoms with Crippen molar-refractivity contribution in [2.24, 2.45) is 0 Å². The largest absolute Gasteiger partial charge is 0.456 e. The van der Waals surface area contributed by atoms with Crippen molar-refractivity contribution in [2.45, 2.75) is 52.4 Å². The fraction of sp³-hybridized carbons (Fsp3) is 0.185. The SMILES string of the molecule is CN1CN(c2cc(Oc3cc4c(cc3-c3nc(-c5ccccc5)nc(-c5ccccc5)n3)c3cc(C(C)(C)C)ccc3n4-c3ccccn3)cc(C(C)(C)C)c2)c2ccccc21. The molecule has 0 radical (unpaired) electrons. The molecule has 9 aromatic rings. The molecule has 1 aliphatic heterocycles. The Kier molecular flexibility index (Phi) is 9.40. The highest BCUT2D eigenvalue weighted by molar-refractivity contribution is 6.11. The summed E-state index contributed by atoms with van der Waals surface area (Å²) in [7, 11) is 2.14. The zero-order valence-corrected chi connectivity index (χ0v) is 36.3. The molecule has 0 aliphatic carbocycles. The summed E-state index contributed by atoms with van der Waals surface area (Å²) in [4.78, 5) is 25.0. The number of pyridine rings is 1. The van der Waals surface area contributed by atoms with Gasteiger partial charge in [-0.05, 0) is 76.6 Å². The number of hydrogen-bond acceptors (Lipinski definition) is 7. The van der Waals surface area contributed by atoms with Gasteiger partial charge in [0.2, 0.25) is 0 Å². The lowest BCUT2D eigenvalue weighted by molar-refractivity contribution is 0.480. The van der Waals surface area contributed by atoms with Crippen LogP contribution in [0.1, 0.15) is 52.7 Å². The summed E-state index contributed by atoms with van der Waals surface area (Å²) in [5, 5.41) is 2.16. The minimum absolute atomic E-state index is 0.0662. The number of benzene rings is 6. The molecule has 10 rings (SSSR count). The molecule has 0 N–H and O–H groups in total. The fourth-order valence-corrected chi connectivity index (χ4v) is 8.39. The van der Waals surface area contributed by atoms with Gasteiger partial charge in [0, 0.05) is 53.0 Å². The van der Waals surface area contributed by atoms with Crippen LogP contribution in [-0.4, -0.2) is 38.2 Å². The first-order chi connectivity index (χ1) is 29.9. The summed E-state index contributed by atoms with van der Waals surface area (Å²) in [5.41, 5.74) is 10.2. The summed E-state index contributed by atoms with van der Waals surface area (Å²) in [5.74, 6) is 3.84. The molecule has 306 valence electrons. The number of anilines is 3. The molecular weight excluding hydrogens is 763 g/mol. The molecule has 4 heterocycles. The van der Waals surface area contributed by atoms with E-state index in [1.165, 1.54) is 11.3 Å². The van der Waals surface area contributed by atoms with Crippen LogP contribution >= 0.6 is 0 Å². The summed E-state index contributed by atoms with van der Waals surface area (Å²) in [6.07, 6.45) is 1.84. The normalized spacial score (nSPS) is 13.0. The summed E-state index contributed by atoms with van der Waals surface area (Å²) in [6, 6.07) is 52.6. The molecule has 62 heavy (non-hydrogen) atoms. The minimum atomic E-state index is -0.161. The maximum Gasteiger partial charge on any atom is 0.167 e. The van der Waals surface area contributed by atoms with Crippen LogP contribution in [0, 0.1) is 0 Å². The third-order valence-corrected chi connectivity index (χ3v) is 11.8. The van der Waals surface area contributed by atoms with Crippen LogP contribution in [0.4, 0.5) is 17.1 Å². The third-order valence-electron chi connectivity index (χ3n) is 11.8. The molecule has 0 saturated heterocycles. The van der Waals surface area contributed by atoms with Crippen molar-refractivity contribution in [1.82, 2.24) is 24.5 Å². The van der Waals surface area contributed by atoms with Gasteiger partial charge in [-0.1, -0.05) is 126 Å². The van der Waals surface area contributed by atoms with Gasteiger partial charge in [-0.25, -0.2) is 19.9 Å².